The van der Waals surface area contributed by atoms with Crippen molar-refractivity contribution in [2.24, 2.45) is 0 Å². The van der Waals surface area contributed by atoms with Crippen molar-refractivity contribution in [1.82, 2.24) is 0 Å². The number of rotatable bonds is 3. The summed E-state index contributed by atoms with van der Waals surface area (Å²) < 4.78 is 28.8. The van der Waals surface area contributed by atoms with E-state index in [1.54, 1.807) is 18.2 Å². The van der Waals surface area contributed by atoms with E-state index < -0.39 is 5.82 Å². The Kier molecular flexibility index (Phi) is 3.02. The van der Waals surface area contributed by atoms with Crippen molar-refractivity contribution >= 4 is 5.78 Å². The molecule has 0 radical (unpaired) electrons. The lowest BCUT2D eigenvalue weighted by Gasteiger charge is -2.08. The molecule has 0 spiro atoms. The summed E-state index contributed by atoms with van der Waals surface area (Å²) in [5.41, 5.74) is 0.560. The number of ether oxygens (including phenoxy) is 3. The van der Waals surface area contributed by atoms with E-state index in [9.17, 15) is 9.18 Å². The van der Waals surface area contributed by atoms with E-state index in [2.05, 4.69) is 0 Å². The van der Waals surface area contributed by atoms with Crippen LogP contribution < -0.4 is 14.2 Å². The molecule has 0 atom stereocenters. The highest BCUT2D eigenvalue weighted by molar-refractivity contribution is 6.11. The minimum Gasteiger partial charge on any atom is -0.496 e. The van der Waals surface area contributed by atoms with Crippen molar-refractivity contribution in [3.8, 4) is 17.2 Å². The second kappa shape index (κ2) is 4.85. The van der Waals surface area contributed by atoms with Gasteiger partial charge >= 0.3 is 0 Å². The maximum atomic E-state index is 13.3. The molecule has 102 valence electrons. The van der Waals surface area contributed by atoms with Crippen LogP contribution in [0.5, 0.6) is 17.2 Å². The number of methoxy groups -OCH3 is 1. The molecule has 20 heavy (non-hydrogen) atoms. The third-order valence-corrected chi connectivity index (χ3v) is 3.04. The fourth-order valence-electron chi connectivity index (χ4n) is 2.05. The zero-order chi connectivity index (χ0) is 14.1. The minimum absolute atomic E-state index is 0.135. The molecule has 0 unspecified atom stereocenters. The molecular formula is C15H11FO4. The van der Waals surface area contributed by atoms with Gasteiger partial charge in [0.25, 0.3) is 0 Å². The highest BCUT2D eigenvalue weighted by Crippen LogP contribution is 2.33. The van der Waals surface area contributed by atoms with Gasteiger partial charge in [-0.25, -0.2) is 4.39 Å². The van der Waals surface area contributed by atoms with Gasteiger partial charge in [0.2, 0.25) is 6.79 Å². The van der Waals surface area contributed by atoms with Crippen LogP contribution in [0.2, 0.25) is 0 Å². The molecule has 0 bridgehead atoms. The molecule has 0 saturated heterocycles. The van der Waals surface area contributed by atoms with Gasteiger partial charge in [0.1, 0.15) is 11.6 Å². The standard InChI is InChI=1S/C15H11FO4/c1-18-12-5-3-10(16)7-11(12)15(17)9-2-4-13-14(6-9)20-8-19-13/h2-7H,8H2,1H3. The molecule has 1 aliphatic rings. The van der Waals surface area contributed by atoms with Crippen LogP contribution in [0, 0.1) is 5.82 Å². The van der Waals surface area contributed by atoms with Gasteiger partial charge < -0.3 is 14.2 Å². The first-order chi connectivity index (χ1) is 9.69. The van der Waals surface area contributed by atoms with E-state index in [1.165, 1.54) is 19.2 Å². The average molecular weight is 274 g/mol. The Morgan fingerprint density at radius 2 is 1.95 bits per heavy atom. The molecule has 0 aliphatic carbocycles. The van der Waals surface area contributed by atoms with E-state index in [1.807, 2.05) is 0 Å². The number of ketones is 1. The van der Waals surface area contributed by atoms with Crippen molar-refractivity contribution in [1.29, 1.82) is 0 Å². The first-order valence-electron chi connectivity index (χ1n) is 5.97. The molecule has 4 nitrogen and oxygen atoms in total. The molecule has 0 amide bonds. The summed E-state index contributed by atoms with van der Waals surface area (Å²) in [4.78, 5) is 12.4. The minimum atomic E-state index is -0.491. The Morgan fingerprint density at radius 1 is 1.15 bits per heavy atom. The zero-order valence-corrected chi connectivity index (χ0v) is 10.7. The smallest absolute Gasteiger partial charge is 0.231 e. The molecule has 1 aliphatic heterocycles. The highest BCUT2D eigenvalue weighted by atomic mass is 19.1. The number of carbonyl (C=O) groups is 1. The summed E-state index contributed by atoms with van der Waals surface area (Å²) in [5, 5.41) is 0. The van der Waals surface area contributed by atoms with Crippen LogP contribution in [0.3, 0.4) is 0 Å². The monoisotopic (exact) mass is 274 g/mol. The summed E-state index contributed by atoms with van der Waals surface area (Å²) in [6, 6.07) is 8.67. The van der Waals surface area contributed by atoms with Gasteiger partial charge in [-0.05, 0) is 36.4 Å². The third kappa shape index (κ3) is 2.07. The van der Waals surface area contributed by atoms with Crippen molar-refractivity contribution < 1.29 is 23.4 Å². The Bertz CT molecular complexity index is 682. The second-order valence-electron chi connectivity index (χ2n) is 4.24. The molecule has 2 aromatic rings. The largest absolute Gasteiger partial charge is 0.496 e. The second-order valence-corrected chi connectivity index (χ2v) is 4.24. The van der Waals surface area contributed by atoms with Gasteiger partial charge in [0.15, 0.2) is 17.3 Å². The van der Waals surface area contributed by atoms with Gasteiger partial charge in [-0.15, -0.1) is 0 Å². The van der Waals surface area contributed by atoms with Crippen LogP contribution >= 0.6 is 0 Å². The molecule has 2 aromatic carbocycles. The van der Waals surface area contributed by atoms with Gasteiger partial charge in [0, 0.05) is 5.56 Å². The van der Waals surface area contributed by atoms with Crippen LogP contribution in [0.4, 0.5) is 4.39 Å². The summed E-state index contributed by atoms with van der Waals surface area (Å²) in [7, 11) is 1.43. The normalized spacial score (nSPS) is 12.3. The highest BCUT2D eigenvalue weighted by Gasteiger charge is 2.19. The molecule has 0 N–H and O–H groups in total. The van der Waals surface area contributed by atoms with Crippen LogP contribution in [0.1, 0.15) is 15.9 Å². The van der Waals surface area contributed by atoms with Crippen molar-refractivity contribution in [3.05, 3.63) is 53.3 Å². The Morgan fingerprint density at radius 3 is 2.75 bits per heavy atom. The first kappa shape index (κ1) is 12.5. The quantitative estimate of drug-likeness (QED) is 0.807. The third-order valence-electron chi connectivity index (χ3n) is 3.04. The van der Waals surface area contributed by atoms with Crippen LogP contribution in [0.25, 0.3) is 0 Å². The zero-order valence-electron chi connectivity index (χ0n) is 10.7. The summed E-state index contributed by atoms with van der Waals surface area (Å²) in [6.07, 6.45) is 0. The molecule has 0 saturated carbocycles. The number of hydrogen-bond acceptors (Lipinski definition) is 4. The number of carbonyl (C=O) groups excluding carboxylic acids is 1. The van der Waals surface area contributed by atoms with Crippen molar-refractivity contribution in [3.63, 3.8) is 0 Å². The number of fused-ring (bicyclic) bond motifs is 1. The van der Waals surface area contributed by atoms with Gasteiger partial charge in [-0.1, -0.05) is 0 Å². The van der Waals surface area contributed by atoms with Crippen LogP contribution in [-0.2, 0) is 0 Å². The molecule has 3 rings (SSSR count). The first-order valence-corrected chi connectivity index (χ1v) is 5.97. The Balaban J connectivity index is 2.02. The van der Waals surface area contributed by atoms with Gasteiger partial charge in [-0.3, -0.25) is 4.79 Å². The Hall–Kier alpha value is -2.56. The maximum Gasteiger partial charge on any atom is 0.231 e. The van der Waals surface area contributed by atoms with Crippen LogP contribution in [0.15, 0.2) is 36.4 Å². The maximum absolute atomic E-state index is 13.3. The van der Waals surface area contributed by atoms with Crippen molar-refractivity contribution in [2.45, 2.75) is 0 Å². The van der Waals surface area contributed by atoms with Crippen LogP contribution in [-0.4, -0.2) is 19.7 Å². The number of halogens is 1. The van der Waals surface area contributed by atoms with Gasteiger partial charge in [0.05, 0.1) is 12.7 Å². The lowest BCUT2D eigenvalue weighted by Crippen LogP contribution is -2.04. The molecule has 0 aromatic heterocycles. The molecule has 0 fully saturated rings. The molecule has 1 heterocycles. The average Bonchev–Trinajstić information content (AvgIpc) is 2.93. The predicted molar refractivity (Wildman–Crippen MR) is 68.9 cm³/mol. The lowest BCUT2D eigenvalue weighted by atomic mass is 10.0. The topological polar surface area (TPSA) is 44.8 Å². The SMILES string of the molecule is COc1ccc(F)cc1C(=O)c1ccc2c(c1)OCO2. The van der Waals surface area contributed by atoms with Crippen molar-refractivity contribution in [2.75, 3.05) is 13.9 Å². The van der Waals surface area contributed by atoms with Gasteiger partial charge in [-0.2, -0.15) is 0 Å². The van der Waals surface area contributed by atoms with E-state index in [0.29, 0.717) is 22.8 Å². The predicted octanol–water partition coefficient (Wildman–Crippen LogP) is 2.79. The van der Waals surface area contributed by atoms with E-state index in [4.69, 9.17) is 14.2 Å². The number of hydrogen-bond donors (Lipinski definition) is 0. The van der Waals surface area contributed by atoms with E-state index >= 15 is 0 Å². The lowest BCUT2D eigenvalue weighted by molar-refractivity contribution is 0.103. The molecule has 5 heteroatoms. The molecular weight excluding hydrogens is 263 g/mol. The summed E-state index contributed by atoms with van der Waals surface area (Å²) in [5.74, 6) is 0.600. The summed E-state index contributed by atoms with van der Waals surface area (Å²) >= 11 is 0. The number of benzene rings is 2. The fraction of sp³-hybridized carbons (Fsp3) is 0.133. The van der Waals surface area contributed by atoms with E-state index in [-0.39, 0.29) is 18.1 Å². The summed E-state index contributed by atoms with van der Waals surface area (Å²) in [6.45, 7) is 0.135. The fourth-order valence-corrected chi connectivity index (χ4v) is 2.05. The van der Waals surface area contributed by atoms with E-state index in [0.717, 1.165) is 6.07 Å². The Labute approximate surface area is 114 Å².